The van der Waals surface area contributed by atoms with E-state index in [1.165, 1.54) is 7.11 Å². The maximum Gasteiger partial charge on any atom is 0.409 e. The highest BCUT2D eigenvalue weighted by Crippen LogP contribution is 2.45. The predicted octanol–water partition coefficient (Wildman–Crippen LogP) is 4.39. The lowest BCUT2D eigenvalue weighted by Gasteiger charge is -2.39. The lowest BCUT2D eigenvalue weighted by atomic mass is 9.88. The van der Waals surface area contributed by atoms with Crippen molar-refractivity contribution >= 4 is 29.3 Å². The monoisotopic (exact) mass is 375 g/mol. The summed E-state index contributed by atoms with van der Waals surface area (Å²) < 4.78 is 10.7. The number of rotatable bonds is 6. The van der Waals surface area contributed by atoms with Crippen LogP contribution in [0, 0.1) is 0 Å². The minimum Gasteiger partial charge on any atom is -0.496 e. The summed E-state index contributed by atoms with van der Waals surface area (Å²) in [5.41, 5.74) is 1.33. The fourth-order valence-corrected chi connectivity index (χ4v) is 3.27. The first-order chi connectivity index (χ1) is 11.4. The fourth-order valence-electron chi connectivity index (χ4n) is 2.76. The largest absolute Gasteiger partial charge is 0.496 e. The van der Waals surface area contributed by atoms with E-state index in [-0.39, 0.29) is 12.0 Å². The quantitative estimate of drug-likeness (QED) is 0.748. The van der Waals surface area contributed by atoms with Gasteiger partial charge in [-0.1, -0.05) is 36.5 Å². The van der Waals surface area contributed by atoms with Crippen LogP contribution in [0.3, 0.4) is 0 Å². The number of nitrogens with zero attached hydrogens (tertiary/aromatic N) is 1. The molecule has 0 bridgehead atoms. The highest BCUT2D eigenvalue weighted by molar-refractivity contribution is 6.42. The average Bonchev–Trinajstić information content (AvgIpc) is 2.49. The van der Waals surface area contributed by atoms with Crippen molar-refractivity contribution in [1.29, 1.82) is 0 Å². The maximum absolute atomic E-state index is 11.9. The highest BCUT2D eigenvalue weighted by Gasteiger charge is 2.37. The SMILES string of the molecule is CCCCOC(=O)N1CC(c2c(Cl)c(Cl)cc(C(C)O)c2OC)C1. The zero-order chi connectivity index (χ0) is 17.9. The van der Waals surface area contributed by atoms with Crippen LogP contribution in [0.1, 0.15) is 49.8 Å². The molecule has 0 radical (unpaired) electrons. The van der Waals surface area contributed by atoms with E-state index in [2.05, 4.69) is 0 Å². The molecule has 24 heavy (non-hydrogen) atoms. The van der Waals surface area contributed by atoms with Crippen molar-refractivity contribution in [3.8, 4) is 5.75 Å². The number of unbranched alkanes of at least 4 members (excludes halogenated alkanes) is 1. The van der Waals surface area contributed by atoms with Gasteiger partial charge in [-0.15, -0.1) is 0 Å². The minimum absolute atomic E-state index is 0.00220. The number of carbonyl (C=O) groups is 1. The van der Waals surface area contributed by atoms with E-state index in [4.69, 9.17) is 32.7 Å². The van der Waals surface area contributed by atoms with E-state index in [1.54, 1.807) is 17.9 Å². The third kappa shape index (κ3) is 3.90. The molecule has 2 rings (SSSR count). The Bertz CT molecular complexity index is 601. The molecule has 134 valence electrons. The lowest BCUT2D eigenvalue weighted by Crippen LogP contribution is -2.49. The van der Waals surface area contributed by atoms with E-state index in [0.717, 1.165) is 18.4 Å². The standard InChI is InChI=1S/C17H23Cl2NO4/c1-4-5-6-24-17(22)20-8-11(9-20)14-15(19)13(18)7-12(10(2)21)16(14)23-3/h7,10-11,21H,4-6,8-9H2,1-3H3. The summed E-state index contributed by atoms with van der Waals surface area (Å²) in [6, 6.07) is 1.62. The van der Waals surface area contributed by atoms with Crippen molar-refractivity contribution in [2.45, 2.75) is 38.7 Å². The molecule has 1 heterocycles. The van der Waals surface area contributed by atoms with Gasteiger partial charge in [0.2, 0.25) is 0 Å². The minimum atomic E-state index is -0.733. The van der Waals surface area contributed by atoms with Crippen LogP contribution in [-0.2, 0) is 4.74 Å². The maximum atomic E-state index is 11.9. The molecule has 1 aromatic carbocycles. The van der Waals surface area contributed by atoms with Crippen molar-refractivity contribution < 1.29 is 19.4 Å². The Kier molecular flexibility index (Phi) is 6.61. The van der Waals surface area contributed by atoms with Crippen molar-refractivity contribution in [2.24, 2.45) is 0 Å². The van der Waals surface area contributed by atoms with Crippen LogP contribution < -0.4 is 4.74 Å². The number of carbonyl (C=O) groups excluding carboxylic acids is 1. The number of methoxy groups -OCH3 is 1. The first-order valence-corrected chi connectivity index (χ1v) is 8.81. The van der Waals surface area contributed by atoms with Crippen LogP contribution in [-0.4, -0.2) is 42.9 Å². The molecular weight excluding hydrogens is 353 g/mol. The number of likely N-dealkylation sites (tertiary alicyclic amines) is 1. The Morgan fingerprint density at radius 1 is 1.46 bits per heavy atom. The van der Waals surface area contributed by atoms with Gasteiger partial charge >= 0.3 is 6.09 Å². The molecule has 1 N–H and O–H groups in total. The van der Waals surface area contributed by atoms with Gasteiger partial charge in [0.15, 0.2) is 0 Å². The molecule has 1 atom stereocenters. The van der Waals surface area contributed by atoms with Gasteiger partial charge < -0.3 is 19.5 Å². The molecule has 0 saturated carbocycles. The second-order valence-electron chi connectivity index (χ2n) is 5.95. The predicted molar refractivity (Wildman–Crippen MR) is 94.2 cm³/mol. The molecule has 0 spiro atoms. The first-order valence-electron chi connectivity index (χ1n) is 8.06. The Morgan fingerprint density at radius 3 is 2.67 bits per heavy atom. The number of halogens is 2. The van der Waals surface area contributed by atoms with Crippen molar-refractivity contribution in [3.05, 3.63) is 27.2 Å². The summed E-state index contributed by atoms with van der Waals surface area (Å²) in [6.07, 6.45) is 0.790. The Labute approximate surface area is 152 Å². The Morgan fingerprint density at radius 2 is 2.12 bits per heavy atom. The summed E-state index contributed by atoms with van der Waals surface area (Å²) in [6.45, 7) is 5.09. The fraction of sp³-hybridized carbons (Fsp3) is 0.588. The number of aliphatic hydroxyl groups excluding tert-OH is 1. The zero-order valence-electron chi connectivity index (χ0n) is 14.1. The van der Waals surface area contributed by atoms with Crippen molar-refractivity contribution in [3.63, 3.8) is 0 Å². The van der Waals surface area contributed by atoms with E-state index >= 15 is 0 Å². The van der Waals surface area contributed by atoms with Gasteiger partial charge in [-0.05, 0) is 19.4 Å². The number of amides is 1. The second-order valence-corrected chi connectivity index (χ2v) is 6.74. The number of hydrogen-bond donors (Lipinski definition) is 1. The number of hydrogen-bond acceptors (Lipinski definition) is 4. The summed E-state index contributed by atoms with van der Waals surface area (Å²) in [7, 11) is 1.53. The summed E-state index contributed by atoms with van der Waals surface area (Å²) >= 11 is 12.6. The Balaban J connectivity index is 2.15. The van der Waals surface area contributed by atoms with Gasteiger partial charge in [0.25, 0.3) is 0 Å². The molecule has 0 aliphatic carbocycles. The van der Waals surface area contributed by atoms with Crippen molar-refractivity contribution in [1.82, 2.24) is 4.90 Å². The molecule has 1 fully saturated rings. The average molecular weight is 376 g/mol. The molecule has 5 nitrogen and oxygen atoms in total. The third-order valence-corrected chi connectivity index (χ3v) is 4.96. The zero-order valence-corrected chi connectivity index (χ0v) is 15.7. The Hall–Kier alpha value is -1.17. The molecule has 0 aromatic heterocycles. The summed E-state index contributed by atoms with van der Waals surface area (Å²) in [4.78, 5) is 13.6. The molecule has 1 amide bonds. The molecule has 1 aliphatic rings. The van der Waals surface area contributed by atoms with E-state index in [0.29, 0.717) is 41.1 Å². The van der Waals surface area contributed by atoms with E-state index in [9.17, 15) is 9.90 Å². The molecule has 7 heteroatoms. The van der Waals surface area contributed by atoms with Crippen LogP contribution >= 0.6 is 23.2 Å². The van der Waals surface area contributed by atoms with Gasteiger partial charge in [-0.2, -0.15) is 0 Å². The topological polar surface area (TPSA) is 59.0 Å². The smallest absolute Gasteiger partial charge is 0.409 e. The van der Waals surface area contributed by atoms with Gasteiger partial charge in [-0.3, -0.25) is 0 Å². The molecule has 1 unspecified atom stereocenters. The van der Waals surface area contributed by atoms with Gasteiger partial charge in [0, 0.05) is 30.1 Å². The molecule has 1 aromatic rings. The second kappa shape index (κ2) is 8.28. The van der Waals surface area contributed by atoms with Gasteiger partial charge in [-0.25, -0.2) is 4.79 Å². The number of aliphatic hydroxyl groups is 1. The van der Waals surface area contributed by atoms with Crippen LogP contribution in [0.2, 0.25) is 10.0 Å². The molecule has 1 aliphatic heterocycles. The number of benzene rings is 1. The van der Waals surface area contributed by atoms with Crippen LogP contribution in [0.5, 0.6) is 5.75 Å². The first kappa shape index (κ1) is 19.2. The van der Waals surface area contributed by atoms with E-state index < -0.39 is 6.10 Å². The van der Waals surface area contributed by atoms with E-state index in [1.807, 2.05) is 6.92 Å². The van der Waals surface area contributed by atoms with Gasteiger partial charge in [0.1, 0.15) is 5.75 Å². The lowest BCUT2D eigenvalue weighted by molar-refractivity contribution is 0.0700. The van der Waals surface area contributed by atoms with Crippen molar-refractivity contribution in [2.75, 3.05) is 26.8 Å². The third-order valence-electron chi connectivity index (χ3n) is 4.16. The molecule has 1 saturated heterocycles. The van der Waals surface area contributed by atoms with Crippen LogP contribution in [0.15, 0.2) is 6.07 Å². The van der Waals surface area contributed by atoms with Crippen LogP contribution in [0.25, 0.3) is 0 Å². The van der Waals surface area contributed by atoms with Gasteiger partial charge in [0.05, 0.1) is 29.9 Å². The number of ether oxygens (including phenoxy) is 2. The van der Waals surface area contributed by atoms with Crippen LogP contribution in [0.4, 0.5) is 4.79 Å². The summed E-state index contributed by atoms with van der Waals surface area (Å²) in [5.74, 6) is 0.533. The summed E-state index contributed by atoms with van der Waals surface area (Å²) in [5, 5.41) is 10.7. The normalized spacial score (nSPS) is 15.8. The molecular formula is C17H23Cl2NO4. The highest BCUT2D eigenvalue weighted by atomic mass is 35.5.